The summed E-state index contributed by atoms with van der Waals surface area (Å²) in [6, 6.07) is 17.2. The summed E-state index contributed by atoms with van der Waals surface area (Å²) in [6.45, 7) is -1.74. The highest BCUT2D eigenvalue weighted by Crippen LogP contribution is 2.29. The molecule has 5 heteroatoms. The van der Waals surface area contributed by atoms with Gasteiger partial charge in [0.2, 0.25) is 0 Å². The quantitative estimate of drug-likeness (QED) is 0.561. The highest BCUT2D eigenvalue weighted by molar-refractivity contribution is 5.97. The van der Waals surface area contributed by atoms with Crippen LogP contribution < -0.4 is 0 Å². The maximum Gasteiger partial charge on any atom is 0.256 e. The fraction of sp³-hybridized carbons (Fsp3) is 0.136. The van der Waals surface area contributed by atoms with Gasteiger partial charge in [-0.3, -0.25) is 14.5 Å². The summed E-state index contributed by atoms with van der Waals surface area (Å²) in [5.41, 5.74) is 4.45. The Labute approximate surface area is 159 Å². The van der Waals surface area contributed by atoms with Crippen LogP contribution in [-0.2, 0) is 20.1 Å². The number of hydrogen-bond donors (Lipinski definition) is 0. The first-order valence-electron chi connectivity index (χ1n) is 9.74. The smallest absolute Gasteiger partial charge is 0.256 e. The maximum absolute atomic E-state index is 12.7. The third kappa shape index (κ3) is 2.68. The molecule has 0 fully saturated rings. The van der Waals surface area contributed by atoms with Crippen molar-refractivity contribution in [1.82, 2.24) is 19.7 Å². The van der Waals surface area contributed by atoms with Gasteiger partial charge in [-0.25, -0.2) is 0 Å². The molecule has 27 heavy (non-hydrogen) atoms. The zero-order valence-electron chi connectivity index (χ0n) is 16.8. The Bertz CT molecular complexity index is 1250. The summed E-state index contributed by atoms with van der Waals surface area (Å²) in [6.07, 6.45) is 3.52. The van der Waals surface area contributed by atoms with E-state index in [1.807, 2.05) is 49.6 Å². The van der Waals surface area contributed by atoms with Crippen molar-refractivity contribution < 1.29 is 7.54 Å². The van der Waals surface area contributed by atoms with Crippen LogP contribution in [0.4, 0.5) is 0 Å². The van der Waals surface area contributed by atoms with E-state index in [2.05, 4.69) is 16.1 Å². The number of fused-ring (bicyclic) bond motifs is 2. The van der Waals surface area contributed by atoms with Gasteiger partial charge in [-0.2, -0.15) is 5.10 Å². The third-order valence-electron chi connectivity index (χ3n) is 4.79. The van der Waals surface area contributed by atoms with Gasteiger partial charge >= 0.3 is 0 Å². The van der Waals surface area contributed by atoms with Crippen molar-refractivity contribution in [2.45, 2.75) is 13.0 Å². The first kappa shape index (κ1) is 13.7. The number of carbonyl (C=O) groups is 1. The first-order valence-corrected chi connectivity index (χ1v) is 8.74. The van der Waals surface area contributed by atoms with Crippen molar-refractivity contribution in [1.29, 1.82) is 0 Å². The van der Waals surface area contributed by atoms with Crippen molar-refractivity contribution in [2.75, 3.05) is 0 Å². The Morgan fingerprint density at radius 3 is 2.70 bits per heavy atom. The Kier molecular flexibility index (Phi) is 3.07. The molecule has 0 unspecified atom stereocenters. The van der Waals surface area contributed by atoms with Gasteiger partial charge in [-0.05, 0) is 34.9 Å². The van der Waals surface area contributed by atoms with Gasteiger partial charge in [0.15, 0.2) is 0 Å². The molecule has 2 aromatic carbocycles. The topological polar surface area (TPSA) is 51.0 Å². The van der Waals surface area contributed by atoms with E-state index in [-0.39, 0.29) is 18.1 Å². The number of carbonyl (C=O) groups excluding carboxylic acids is 1. The summed E-state index contributed by atoms with van der Waals surface area (Å²) >= 11 is 0. The number of rotatable bonds is 3. The SMILES string of the molecule is [2H]C1([2H])c2ncccc2C(=O)N1Cc1ccc(-c2cccc3nn(C)cc23)cc1. The van der Waals surface area contributed by atoms with Crippen LogP contribution in [-0.4, -0.2) is 25.6 Å². The van der Waals surface area contributed by atoms with Crippen molar-refractivity contribution in [2.24, 2.45) is 7.05 Å². The molecule has 0 saturated heterocycles. The molecule has 132 valence electrons. The maximum atomic E-state index is 12.7. The van der Waals surface area contributed by atoms with Crippen LogP contribution in [0.1, 0.15) is 24.4 Å². The Morgan fingerprint density at radius 2 is 1.89 bits per heavy atom. The molecule has 0 spiro atoms. The van der Waals surface area contributed by atoms with Gasteiger partial charge in [0.05, 0.1) is 26.0 Å². The zero-order valence-corrected chi connectivity index (χ0v) is 14.8. The van der Waals surface area contributed by atoms with Crippen molar-refractivity contribution in [3.8, 4) is 11.1 Å². The minimum absolute atomic E-state index is 0.180. The van der Waals surface area contributed by atoms with Crippen LogP contribution in [0.3, 0.4) is 0 Å². The fourth-order valence-electron chi connectivity index (χ4n) is 3.49. The number of nitrogens with zero attached hydrogens (tertiary/aromatic N) is 4. The molecule has 4 aromatic rings. The average molecular weight is 356 g/mol. The number of hydrogen-bond acceptors (Lipinski definition) is 3. The minimum atomic E-state index is -1.92. The molecule has 1 aliphatic rings. The number of benzene rings is 2. The highest BCUT2D eigenvalue weighted by atomic mass is 16.2. The molecule has 0 bridgehead atoms. The highest BCUT2D eigenvalue weighted by Gasteiger charge is 2.27. The van der Waals surface area contributed by atoms with Gasteiger partial charge in [0, 0.05) is 31.4 Å². The first-order chi connectivity index (χ1) is 13.9. The molecule has 0 aliphatic carbocycles. The van der Waals surface area contributed by atoms with E-state index in [1.165, 1.54) is 11.1 Å². The Morgan fingerprint density at radius 1 is 1.07 bits per heavy atom. The van der Waals surface area contributed by atoms with E-state index in [1.54, 1.807) is 16.8 Å². The summed E-state index contributed by atoms with van der Waals surface area (Å²) in [5.74, 6) is -0.331. The van der Waals surface area contributed by atoms with Crippen molar-refractivity contribution in [3.05, 3.63) is 83.8 Å². The Balaban J connectivity index is 1.45. The van der Waals surface area contributed by atoms with Crippen LogP contribution in [0.5, 0.6) is 0 Å². The van der Waals surface area contributed by atoms with E-state index >= 15 is 0 Å². The lowest BCUT2D eigenvalue weighted by atomic mass is 10.0. The largest absolute Gasteiger partial charge is 0.328 e. The molecule has 2 aromatic heterocycles. The van der Waals surface area contributed by atoms with Crippen molar-refractivity contribution >= 4 is 16.8 Å². The summed E-state index contributed by atoms with van der Waals surface area (Å²) in [4.78, 5) is 18.0. The number of aryl methyl sites for hydroxylation is 1. The van der Waals surface area contributed by atoms with E-state index in [4.69, 9.17) is 2.74 Å². The third-order valence-corrected chi connectivity index (χ3v) is 4.79. The second-order valence-corrected chi connectivity index (χ2v) is 6.64. The van der Waals surface area contributed by atoms with E-state index in [0.29, 0.717) is 5.56 Å². The number of amides is 1. The van der Waals surface area contributed by atoms with E-state index < -0.39 is 6.50 Å². The lowest BCUT2D eigenvalue weighted by Gasteiger charge is -2.15. The standard InChI is InChI=1S/C22H18N4O/c1-25-13-19-17(4-2-6-20(19)24-25)16-9-7-15(8-10-16)12-26-14-21-18(22(26)27)5-3-11-23-21/h2-11,13H,12,14H2,1H3/i14D2. The van der Waals surface area contributed by atoms with E-state index in [9.17, 15) is 4.79 Å². The minimum Gasteiger partial charge on any atom is -0.328 e. The number of pyridine rings is 1. The molecule has 5 nitrogen and oxygen atoms in total. The molecule has 1 aliphatic heterocycles. The molecule has 0 radical (unpaired) electrons. The molecular weight excluding hydrogens is 336 g/mol. The molecular formula is C22H18N4O. The van der Waals surface area contributed by atoms with Crippen LogP contribution >= 0.6 is 0 Å². The summed E-state index contributed by atoms with van der Waals surface area (Å²) in [5, 5.41) is 5.53. The Hall–Kier alpha value is -3.47. The summed E-state index contributed by atoms with van der Waals surface area (Å²) < 4.78 is 18.5. The molecule has 0 N–H and O–H groups in total. The second kappa shape index (κ2) is 6.06. The van der Waals surface area contributed by atoms with Gasteiger partial charge in [0.1, 0.15) is 0 Å². The molecule has 3 heterocycles. The van der Waals surface area contributed by atoms with Crippen LogP contribution in [0, 0.1) is 0 Å². The molecule has 5 rings (SSSR count). The number of aromatic nitrogens is 3. The lowest BCUT2D eigenvalue weighted by molar-refractivity contribution is 0.0766. The lowest BCUT2D eigenvalue weighted by Crippen LogP contribution is -2.23. The van der Waals surface area contributed by atoms with E-state index in [0.717, 1.165) is 27.6 Å². The van der Waals surface area contributed by atoms with Gasteiger partial charge in [-0.15, -0.1) is 0 Å². The molecule has 1 amide bonds. The monoisotopic (exact) mass is 356 g/mol. The van der Waals surface area contributed by atoms with Gasteiger partial charge in [0.25, 0.3) is 5.91 Å². The average Bonchev–Trinajstić information content (AvgIpc) is 3.19. The van der Waals surface area contributed by atoms with Crippen LogP contribution in [0.25, 0.3) is 22.0 Å². The molecule has 0 saturated carbocycles. The predicted molar refractivity (Wildman–Crippen MR) is 104 cm³/mol. The van der Waals surface area contributed by atoms with Crippen molar-refractivity contribution in [3.63, 3.8) is 0 Å². The predicted octanol–water partition coefficient (Wildman–Crippen LogP) is 3.79. The summed E-state index contributed by atoms with van der Waals surface area (Å²) in [7, 11) is 1.90. The normalized spacial score (nSPS) is 16.3. The van der Waals surface area contributed by atoms with Crippen LogP contribution in [0.15, 0.2) is 67.0 Å². The van der Waals surface area contributed by atoms with Gasteiger partial charge in [-0.1, -0.05) is 36.4 Å². The molecule has 0 atom stereocenters. The fourth-order valence-corrected chi connectivity index (χ4v) is 3.49. The second-order valence-electron chi connectivity index (χ2n) is 6.64. The van der Waals surface area contributed by atoms with Crippen LogP contribution in [0.2, 0.25) is 0 Å². The van der Waals surface area contributed by atoms with Gasteiger partial charge < -0.3 is 4.90 Å². The zero-order chi connectivity index (χ0) is 20.2.